The maximum atomic E-state index is 5.65. The predicted octanol–water partition coefficient (Wildman–Crippen LogP) is 3.03. The van der Waals surface area contributed by atoms with Gasteiger partial charge in [-0.1, -0.05) is 18.2 Å². The smallest absolute Gasteiger partial charge is 0.148 e. The topological polar surface area (TPSA) is 9.23 Å². The predicted molar refractivity (Wildman–Crippen MR) is 48.7 cm³/mol. The Morgan fingerprint density at radius 1 is 1.25 bits per heavy atom. The van der Waals surface area contributed by atoms with Gasteiger partial charge in [-0.25, -0.2) is 0 Å². The van der Waals surface area contributed by atoms with E-state index in [9.17, 15) is 0 Å². The molecule has 63 valence electrons. The summed E-state index contributed by atoms with van der Waals surface area (Å²) in [5.74, 6) is 1.69. The van der Waals surface area contributed by atoms with Gasteiger partial charge in [0.25, 0.3) is 0 Å². The van der Waals surface area contributed by atoms with Crippen molar-refractivity contribution in [3.63, 3.8) is 0 Å². The van der Waals surface area contributed by atoms with Gasteiger partial charge in [-0.05, 0) is 31.9 Å². The monoisotopic (exact) mass is 161 g/mol. The summed E-state index contributed by atoms with van der Waals surface area (Å²) in [7, 11) is 0. The molecule has 1 aromatic carbocycles. The van der Waals surface area contributed by atoms with E-state index in [-0.39, 0.29) is 0 Å². The zero-order valence-electron chi connectivity index (χ0n) is 7.29. The fourth-order valence-electron chi connectivity index (χ4n) is 1.25. The van der Waals surface area contributed by atoms with Crippen LogP contribution in [0.1, 0.15) is 19.8 Å². The lowest BCUT2D eigenvalue weighted by Gasteiger charge is -2.11. The van der Waals surface area contributed by atoms with E-state index in [1.807, 2.05) is 30.3 Å². The maximum Gasteiger partial charge on any atom is 0.148 e. The molecule has 1 aliphatic rings. The van der Waals surface area contributed by atoms with Crippen LogP contribution >= 0.6 is 0 Å². The fraction of sp³-hybridized carbons (Fsp3) is 0.364. The minimum Gasteiger partial charge on any atom is -0.483 e. The average molecular weight is 161 g/mol. The molecule has 0 aliphatic heterocycles. The Balaban J connectivity index is 1.94. The Morgan fingerprint density at radius 3 is 2.50 bits per heavy atom. The highest BCUT2D eigenvalue weighted by molar-refractivity contribution is 5.22. The largest absolute Gasteiger partial charge is 0.483 e. The van der Waals surface area contributed by atoms with Crippen molar-refractivity contribution >= 4 is 0 Å². The zero-order valence-corrected chi connectivity index (χ0v) is 7.29. The van der Waals surface area contributed by atoms with Crippen LogP contribution in [0.3, 0.4) is 0 Å². The van der Waals surface area contributed by atoms with E-state index in [2.05, 4.69) is 6.92 Å². The van der Waals surface area contributed by atoms with E-state index in [4.69, 9.17) is 4.74 Å². The number of ether oxygens (including phenoxy) is 1. The van der Waals surface area contributed by atoms with Gasteiger partial charge in [-0.2, -0.15) is 0 Å². The first-order valence-electron chi connectivity index (χ1n) is 4.42. The minimum atomic E-state index is 0.727. The molecular formula is C11H13O. The van der Waals surface area contributed by atoms with Crippen LogP contribution in [0.4, 0.5) is 0 Å². The van der Waals surface area contributed by atoms with E-state index < -0.39 is 0 Å². The molecule has 0 atom stereocenters. The van der Waals surface area contributed by atoms with Gasteiger partial charge < -0.3 is 4.74 Å². The number of para-hydroxylation sites is 1. The highest BCUT2D eigenvalue weighted by Crippen LogP contribution is 2.38. The summed E-state index contributed by atoms with van der Waals surface area (Å²) in [6.45, 7) is 2.07. The third kappa shape index (κ3) is 1.79. The van der Waals surface area contributed by atoms with Crippen LogP contribution in [0.15, 0.2) is 30.3 Å². The molecule has 1 heteroatoms. The van der Waals surface area contributed by atoms with Crippen LogP contribution in [-0.4, -0.2) is 0 Å². The quantitative estimate of drug-likeness (QED) is 0.662. The van der Waals surface area contributed by atoms with Crippen LogP contribution in [0.2, 0.25) is 0 Å². The van der Waals surface area contributed by atoms with Crippen molar-refractivity contribution in [3.8, 4) is 5.75 Å². The molecule has 0 unspecified atom stereocenters. The number of benzene rings is 1. The van der Waals surface area contributed by atoms with Crippen LogP contribution < -0.4 is 4.74 Å². The van der Waals surface area contributed by atoms with Gasteiger partial charge in [0.15, 0.2) is 0 Å². The Labute approximate surface area is 73.4 Å². The first kappa shape index (κ1) is 7.66. The summed E-state index contributed by atoms with van der Waals surface area (Å²) < 4.78 is 5.65. The Kier molecular flexibility index (Phi) is 2.03. The fourth-order valence-corrected chi connectivity index (χ4v) is 1.25. The van der Waals surface area contributed by atoms with Crippen molar-refractivity contribution in [1.82, 2.24) is 0 Å². The molecule has 0 saturated heterocycles. The summed E-state index contributed by atoms with van der Waals surface area (Å²) in [6.07, 6.45) is 3.78. The average Bonchev–Trinajstić information content (AvgIpc) is 2.88. The molecule has 1 saturated carbocycles. The number of hydrogen-bond acceptors (Lipinski definition) is 1. The van der Waals surface area contributed by atoms with E-state index in [0.717, 1.165) is 11.7 Å². The molecule has 1 aliphatic carbocycles. The second-order valence-corrected chi connectivity index (χ2v) is 3.30. The SMILES string of the molecule is C[C](Oc1ccccc1)C1CC1. The van der Waals surface area contributed by atoms with E-state index >= 15 is 0 Å². The van der Waals surface area contributed by atoms with Gasteiger partial charge in [0.05, 0.1) is 0 Å². The lowest BCUT2D eigenvalue weighted by atomic mass is 10.2. The van der Waals surface area contributed by atoms with E-state index in [1.165, 1.54) is 18.9 Å². The Bertz CT molecular complexity index is 238. The van der Waals surface area contributed by atoms with Gasteiger partial charge in [0, 0.05) is 5.92 Å². The second kappa shape index (κ2) is 3.18. The Hall–Kier alpha value is -0.980. The van der Waals surface area contributed by atoms with Crippen LogP contribution in [0.25, 0.3) is 0 Å². The molecule has 1 fully saturated rings. The van der Waals surface area contributed by atoms with Crippen molar-refractivity contribution in [2.24, 2.45) is 5.92 Å². The van der Waals surface area contributed by atoms with Gasteiger partial charge in [0.1, 0.15) is 11.9 Å². The zero-order chi connectivity index (χ0) is 8.39. The van der Waals surface area contributed by atoms with E-state index in [1.54, 1.807) is 0 Å². The summed E-state index contributed by atoms with van der Waals surface area (Å²) >= 11 is 0. The summed E-state index contributed by atoms with van der Waals surface area (Å²) in [5, 5.41) is 0. The lowest BCUT2D eigenvalue weighted by molar-refractivity contribution is 0.307. The summed E-state index contributed by atoms with van der Waals surface area (Å²) in [5.41, 5.74) is 0. The molecule has 0 aromatic heterocycles. The molecule has 0 N–H and O–H groups in total. The highest BCUT2D eigenvalue weighted by Gasteiger charge is 2.30. The molecule has 12 heavy (non-hydrogen) atoms. The molecule has 0 bridgehead atoms. The molecular weight excluding hydrogens is 148 g/mol. The molecule has 0 heterocycles. The van der Waals surface area contributed by atoms with Crippen LogP contribution in [0.5, 0.6) is 5.75 Å². The van der Waals surface area contributed by atoms with Gasteiger partial charge in [0.2, 0.25) is 0 Å². The Morgan fingerprint density at radius 2 is 1.92 bits per heavy atom. The highest BCUT2D eigenvalue weighted by atomic mass is 16.5. The molecule has 1 nitrogen and oxygen atoms in total. The lowest BCUT2D eigenvalue weighted by Crippen LogP contribution is -2.03. The third-order valence-electron chi connectivity index (χ3n) is 2.17. The third-order valence-corrected chi connectivity index (χ3v) is 2.17. The van der Waals surface area contributed by atoms with Crippen molar-refractivity contribution < 1.29 is 4.74 Å². The molecule has 0 amide bonds. The molecule has 0 spiro atoms. The number of hydrogen-bond donors (Lipinski definition) is 0. The first-order chi connectivity index (χ1) is 5.86. The van der Waals surface area contributed by atoms with Crippen molar-refractivity contribution in [3.05, 3.63) is 36.4 Å². The summed E-state index contributed by atoms with van der Waals surface area (Å²) in [6, 6.07) is 9.97. The second-order valence-electron chi connectivity index (χ2n) is 3.30. The molecule has 1 radical (unpaired) electrons. The maximum absolute atomic E-state index is 5.65. The molecule has 2 rings (SSSR count). The normalized spacial score (nSPS) is 16.5. The van der Waals surface area contributed by atoms with E-state index in [0.29, 0.717) is 0 Å². The first-order valence-corrected chi connectivity index (χ1v) is 4.42. The van der Waals surface area contributed by atoms with Crippen molar-refractivity contribution in [2.45, 2.75) is 19.8 Å². The van der Waals surface area contributed by atoms with Gasteiger partial charge in [-0.15, -0.1) is 0 Å². The van der Waals surface area contributed by atoms with Crippen molar-refractivity contribution in [2.75, 3.05) is 0 Å². The van der Waals surface area contributed by atoms with Crippen LogP contribution in [0, 0.1) is 12.0 Å². The molecule has 1 aromatic rings. The van der Waals surface area contributed by atoms with Gasteiger partial charge >= 0.3 is 0 Å². The van der Waals surface area contributed by atoms with Gasteiger partial charge in [-0.3, -0.25) is 0 Å². The number of rotatable bonds is 3. The van der Waals surface area contributed by atoms with Crippen LogP contribution in [-0.2, 0) is 0 Å². The van der Waals surface area contributed by atoms with Crippen molar-refractivity contribution in [1.29, 1.82) is 0 Å². The standard InChI is InChI=1S/C11H13O/c1-9(10-7-8-10)12-11-5-3-2-4-6-11/h2-6,10H,7-8H2,1H3. The minimum absolute atomic E-state index is 0.727. The summed E-state index contributed by atoms with van der Waals surface area (Å²) in [4.78, 5) is 0.